The van der Waals surface area contributed by atoms with E-state index >= 15 is 0 Å². The monoisotopic (exact) mass is 442 g/mol. The van der Waals surface area contributed by atoms with Crippen LogP contribution >= 0.6 is 11.3 Å². The van der Waals surface area contributed by atoms with Crippen molar-refractivity contribution in [3.8, 4) is 0 Å². The molecule has 0 fully saturated rings. The molecule has 0 saturated carbocycles. The van der Waals surface area contributed by atoms with Crippen LogP contribution < -0.4 is 10.4 Å². The van der Waals surface area contributed by atoms with E-state index in [1.54, 1.807) is 78.2 Å². The minimum absolute atomic E-state index is 0.410. The van der Waals surface area contributed by atoms with Gasteiger partial charge in [0.15, 0.2) is 0 Å². The lowest BCUT2D eigenvalue weighted by atomic mass is 9.91. The molecular weight excluding hydrogens is 420 g/mol. The normalized spacial score (nSPS) is 12.6. The molecule has 0 saturated heterocycles. The molecule has 0 unspecified atom stereocenters. The molecule has 160 valence electrons. The summed E-state index contributed by atoms with van der Waals surface area (Å²) in [7, 11) is 0. The highest BCUT2D eigenvalue weighted by molar-refractivity contribution is 7.10. The number of hydrazine groups is 1. The number of carbonyl (C=O) groups excluding carboxylic acids is 2. The summed E-state index contributed by atoms with van der Waals surface area (Å²) in [5.74, 6) is -1.14. The van der Waals surface area contributed by atoms with Crippen LogP contribution in [0.1, 0.15) is 26.4 Å². The first kappa shape index (κ1) is 21.5. The maximum Gasteiger partial charge on any atom is 0.281 e. The average Bonchev–Trinajstić information content (AvgIpc) is 3.39. The van der Waals surface area contributed by atoms with Gasteiger partial charge in [0.05, 0.1) is 10.6 Å². The first-order valence-corrected chi connectivity index (χ1v) is 11.0. The van der Waals surface area contributed by atoms with Crippen LogP contribution in [-0.2, 0) is 10.4 Å². The van der Waals surface area contributed by atoms with Gasteiger partial charge in [-0.2, -0.15) is 0 Å². The number of anilines is 1. The quantitative estimate of drug-likeness (QED) is 0.441. The van der Waals surface area contributed by atoms with Gasteiger partial charge in [0, 0.05) is 5.56 Å². The molecule has 32 heavy (non-hydrogen) atoms. The third kappa shape index (κ3) is 4.19. The fourth-order valence-electron chi connectivity index (χ4n) is 3.37. The Morgan fingerprint density at radius 2 is 1.47 bits per heavy atom. The standard InChI is InChI=1S/C26H22N2O3S/c1-19-14-16-22(17-15-19)28(24(29)20-9-4-2-5-10-20)27-25(30)26(31,23-13-8-18-32-23)21-11-6-3-7-12-21/h2-18,31H,1H3,(H,27,30)/t26-/m0/s1. The molecule has 1 heterocycles. The topological polar surface area (TPSA) is 69.6 Å². The van der Waals surface area contributed by atoms with Crippen molar-refractivity contribution >= 4 is 28.8 Å². The third-order valence-electron chi connectivity index (χ3n) is 5.13. The molecule has 0 bridgehead atoms. The molecule has 3 aromatic carbocycles. The van der Waals surface area contributed by atoms with E-state index in [2.05, 4.69) is 5.43 Å². The van der Waals surface area contributed by atoms with Crippen LogP contribution in [0.25, 0.3) is 0 Å². The zero-order valence-electron chi connectivity index (χ0n) is 17.4. The molecule has 6 heteroatoms. The van der Waals surface area contributed by atoms with E-state index in [0.717, 1.165) is 5.56 Å². The van der Waals surface area contributed by atoms with Gasteiger partial charge in [-0.25, -0.2) is 5.01 Å². The molecular formula is C26H22N2O3S. The van der Waals surface area contributed by atoms with Crippen LogP contribution in [0.15, 0.2) is 102 Å². The minimum atomic E-state index is -1.96. The summed E-state index contributed by atoms with van der Waals surface area (Å²) in [6.45, 7) is 1.94. The highest BCUT2D eigenvalue weighted by atomic mass is 32.1. The molecule has 1 aromatic heterocycles. The maximum absolute atomic E-state index is 13.6. The summed E-state index contributed by atoms with van der Waals surface area (Å²) < 4.78 is 0. The van der Waals surface area contributed by atoms with Gasteiger partial charge in [0.25, 0.3) is 11.8 Å². The van der Waals surface area contributed by atoms with Gasteiger partial charge in [-0.15, -0.1) is 11.3 Å². The van der Waals surface area contributed by atoms with Crippen molar-refractivity contribution in [3.63, 3.8) is 0 Å². The Bertz CT molecular complexity index is 1190. The van der Waals surface area contributed by atoms with Crippen LogP contribution in [0.5, 0.6) is 0 Å². The highest BCUT2D eigenvalue weighted by Crippen LogP contribution is 2.33. The molecule has 0 aliphatic heterocycles. The summed E-state index contributed by atoms with van der Waals surface area (Å²) in [5.41, 5.74) is 3.05. The van der Waals surface area contributed by atoms with Crippen LogP contribution in [0.3, 0.4) is 0 Å². The van der Waals surface area contributed by atoms with E-state index in [0.29, 0.717) is 21.7 Å². The van der Waals surface area contributed by atoms with Crippen LogP contribution in [0.2, 0.25) is 0 Å². The summed E-state index contributed by atoms with van der Waals surface area (Å²) in [6.07, 6.45) is 0. The molecule has 1 atom stereocenters. The van der Waals surface area contributed by atoms with Gasteiger partial charge in [-0.05, 0) is 48.2 Å². The molecule has 2 amide bonds. The molecule has 4 aromatic rings. The smallest absolute Gasteiger partial charge is 0.281 e. The largest absolute Gasteiger partial charge is 0.371 e. The number of aryl methyl sites for hydroxylation is 1. The molecule has 0 radical (unpaired) electrons. The van der Waals surface area contributed by atoms with Crippen molar-refractivity contribution in [1.82, 2.24) is 5.43 Å². The Labute approximate surface area is 190 Å². The molecule has 0 aliphatic rings. The van der Waals surface area contributed by atoms with E-state index in [1.165, 1.54) is 16.3 Å². The lowest BCUT2D eigenvalue weighted by molar-refractivity contribution is -0.136. The molecule has 0 aliphatic carbocycles. The van der Waals surface area contributed by atoms with Crippen molar-refractivity contribution in [1.29, 1.82) is 0 Å². The number of thiophene rings is 1. The van der Waals surface area contributed by atoms with Gasteiger partial charge in [-0.3, -0.25) is 15.0 Å². The number of benzene rings is 3. The van der Waals surface area contributed by atoms with Crippen LogP contribution in [0.4, 0.5) is 5.69 Å². The molecule has 2 N–H and O–H groups in total. The summed E-state index contributed by atoms with van der Waals surface area (Å²) >= 11 is 1.27. The van der Waals surface area contributed by atoms with E-state index in [4.69, 9.17) is 0 Å². The number of hydrogen-bond donors (Lipinski definition) is 2. The first-order valence-electron chi connectivity index (χ1n) is 10.1. The number of hydrogen-bond acceptors (Lipinski definition) is 4. The van der Waals surface area contributed by atoms with E-state index in [-0.39, 0.29) is 0 Å². The molecule has 4 rings (SSSR count). The van der Waals surface area contributed by atoms with Crippen molar-refractivity contribution < 1.29 is 14.7 Å². The molecule has 0 spiro atoms. The fraction of sp³-hybridized carbons (Fsp3) is 0.0769. The zero-order chi connectivity index (χ0) is 22.6. The van der Waals surface area contributed by atoms with E-state index < -0.39 is 17.4 Å². The van der Waals surface area contributed by atoms with Crippen molar-refractivity contribution in [2.45, 2.75) is 12.5 Å². The van der Waals surface area contributed by atoms with Gasteiger partial charge in [0.2, 0.25) is 5.60 Å². The van der Waals surface area contributed by atoms with E-state index in [9.17, 15) is 14.7 Å². The Morgan fingerprint density at radius 3 is 2.06 bits per heavy atom. The lowest BCUT2D eigenvalue weighted by Gasteiger charge is -2.31. The Balaban J connectivity index is 1.76. The highest BCUT2D eigenvalue weighted by Gasteiger charge is 2.42. The number of amides is 2. The zero-order valence-corrected chi connectivity index (χ0v) is 18.3. The average molecular weight is 443 g/mol. The van der Waals surface area contributed by atoms with Crippen molar-refractivity contribution in [2.24, 2.45) is 0 Å². The van der Waals surface area contributed by atoms with Crippen molar-refractivity contribution in [3.05, 3.63) is 124 Å². The Morgan fingerprint density at radius 1 is 0.844 bits per heavy atom. The Hall–Kier alpha value is -3.74. The van der Waals surface area contributed by atoms with Crippen LogP contribution in [-0.4, -0.2) is 16.9 Å². The fourth-order valence-corrected chi connectivity index (χ4v) is 4.21. The summed E-state index contributed by atoms with van der Waals surface area (Å²) in [6, 6.07) is 28.1. The third-order valence-corrected chi connectivity index (χ3v) is 6.11. The summed E-state index contributed by atoms with van der Waals surface area (Å²) in [4.78, 5) is 27.4. The lowest BCUT2D eigenvalue weighted by Crippen LogP contribution is -2.54. The Kier molecular flexibility index (Phi) is 6.16. The van der Waals surface area contributed by atoms with Gasteiger partial charge >= 0.3 is 0 Å². The van der Waals surface area contributed by atoms with Gasteiger partial charge in [0.1, 0.15) is 0 Å². The summed E-state index contributed by atoms with van der Waals surface area (Å²) in [5, 5.41) is 14.6. The van der Waals surface area contributed by atoms with Gasteiger partial charge in [-0.1, -0.05) is 72.3 Å². The number of nitrogens with one attached hydrogen (secondary N) is 1. The number of carbonyl (C=O) groups is 2. The SMILES string of the molecule is Cc1ccc(N(NC(=O)[C@](O)(c2ccccc2)c2cccs2)C(=O)c2ccccc2)cc1. The second kappa shape index (κ2) is 9.18. The first-order chi connectivity index (χ1) is 15.5. The predicted molar refractivity (Wildman–Crippen MR) is 126 cm³/mol. The number of nitrogens with zero attached hydrogens (tertiary/aromatic N) is 1. The van der Waals surface area contributed by atoms with Crippen molar-refractivity contribution in [2.75, 3.05) is 5.01 Å². The number of rotatable bonds is 5. The van der Waals surface area contributed by atoms with E-state index in [1.807, 2.05) is 31.2 Å². The number of aliphatic hydroxyl groups is 1. The maximum atomic E-state index is 13.6. The molecule has 5 nitrogen and oxygen atoms in total. The second-order valence-electron chi connectivity index (χ2n) is 7.34. The second-order valence-corrected chi connectivity index (χ2v) is 8.28. The van der Waals surface area contributed by atoms with Crippen LogP contribution in [0, 0.1) is 6.92 Å². The predicted octanol–water partition coefficient (Wildman–Crippen LogP) is 4.67. The minimum Gasteiger partial charge on any atom is -0.371 e. The van der Waals surface area contributed by atoms with Gasteiger partial charge < -0.3 is 5.11 Å².